The molecule has 7 heteroatoms. The number of amides is 2. The molecule has 0 saturated heterocycles. The second kappa shape index (κ2) is 7.48. The number of benzene rings is 1. The van der Waals surface area contributed by atoms with E-state index in [2.05, 4.69) is 5.32 Å². The van der Waals surface area contributed by atoms with Gasteiger partial charge < -0.3 is 15.8 Å². The Balaban J connectivity index is 2.05. The molecule has 0 aliphatic carbocycles. The molecular formula is C16H17ClN2O3S. The number of primary amides is 1. The van der Waals surface area contributed by atoms with E-state index >= 15 is 0 Å². The van der Waals surface area contributed by atoms with Crippen LogP contribution < -0.4 is 15.8 Å². The Bertz CT molecular complexity index is 726. The van der Waals surface area contributed by atoms with Crippen LogP contribution in [0.4, 0.5) is 5.00 Å². The summed E-state index contributed by atoms with van der Waals surface area (Å²) in [6.45, 7) is 3.67. The molecule has 122 valence electrons. The van der Waals surface area contributed by atoms with E-state index in [1.54, 1.807) is 24.3 Å². The summed E-state index contributed by atoms with van der Waals surface area (Å²) in [6.07, 6.45) is 0.678. The van der Waals surface area contributed by atoms with Gasteiger partial charge in [0.15, 0.2) is 6.61 Å². The van der Waals surface area contributed by atoms with Crippen molar-refractivity contribution in [3.8, 4) is 5.75 Å². The van der Waals surface area contributed by atoms with Gasteiger partial charge in [-0.2, -0.15) is 0 Å². The predicted octanol–water partition coefficient (Wildman–Crippen LogP) is 3.39. The van der Waals surface area contributed by atoms with Crippen LogP contribution in [0.2, 0.25) is 5.02 Å². The standard InChI is InChI=1S/C16H17ClN2O3S/c1-3-12-9(2)23-16(14(12)15(18)21)19-13(20)8-22-11-6-4-10(17)5-7-11/h4-7H,3,8H2,1-2H3,(H2,18,21)(H,19,20). The van der Waals surface area contributed by atoms with Gasteiger partial charge in [0, 0.05) is 9.90 Å². The minimum atomic E-state index is -0.542. The highest BCUT2D eigenvalue weighted by molar-refractivity contribution is 7.16. The molecule has 3 N–H and O–H groups in total. The van der Waals surface area contributed by atoms with Gasteiger partial charge in [-0.1, -0.05) is 18.5 Å². The molecule has 0 spiro atoms. The van der Waals surface area contributed by atoms with Crippen molar-refractivity contribution in [1.29, 1.82) is 0 Å². The first-order valence-electron chi connectivity index (χ1n) is 7.02. The highest BCUT2D eigenvalue weighted by atomic mass is 35.5. The maximum Gasteiger partial charge on any atom is 0.262 e. The van der Waals surface area contributed by atoms with Crippen molar-refractivity contribution in [3.05, 3.63) is 45.3 Å². The first-order valence-corrected chi connectivity index (χ1v) is 8.22. The Hall–Kier alpha value is -2.05. The Morgan fingerprint density at radius 3 is 2.52 bits per heavy atom. The van der Waals surface area contributed by atoms with E-state index in [0.717, 1.165) is 10.4 Å². The second-order valence-electron chi connectivity index (χ2n) is 4.85. The molecule has 0 bridgehead atoms. The van der Waals surface area contributed by atoms with E-state index in [1.807, 2.05) is 13.8 Å². The smallest absolute Gasteiger partial charge is 0.262 e. The topological polar surface area (TPSA) is 81.4 Å². The molecule has 0 saturated carbocycles. The quantitative estimate of drug-likeness (QED) is 0.836. The number of carbonyl (C=O) groups is 2. The third-order valence-electron chi connectivity index (χ3n) is 3.25. The molecule has 2 aromatic rings. The SMILES string of the molecule is CCc1c(C)sc(NC(=O)COc2ccc(Cl)cc2)c1C(N)=O. The van der Waals surface area contributed by atoms with Crippen LogP contribution in [0.1, 0.15) is 27.7 Å². The van der Waals surface area contributed by atoms with Crippen LogP contribution in [0.15, 0.2) is 24.3 Å². The van der Waals surface area contributed by atoms with E-state index in [1.165, 1.54) is 11.3 Å². The summed E-state index contributed by atoms with van der Waals surface area (Å²) in [7, 11) is 0. The lowest BCUT2D eigenvalue weighted by Crippen LogP contribution is -2.22. The van der Waals surface area contributed by atoms with Crippen LogP contribution in [0.25, 0.3) is 0 Å². The lowest BCUT2D eigenvalue weighted by atomic mass is 10.1. The van der Waals surface area contributed by atoms with E-state index in [4.69, 9.17) is 22.1 Å². The number of nitrogens with two attached hydrogens (primary N) is 1. The molecule has 0 radical (unpaired) electrons. The highest BCUT2D eigenvalue weighted by Crippen LogP contribution is 2.33. The molecule has 23 heavy (non-hydrogen) atoms. The van der Waals surface area contributed by atoms with E-state index < -0.39 is 5.91 Å². The Kier molecular flexibility index (Phi) is 5.63. The van der Waals surface area contributed by atoms with Crippen LogP contribution in [-0.4, -0.2) is 18.4 Å². The summed E-state index contributed by atoms with van der Waals surface area (Å²) in [5.41, 5.74) is 6.69. The van der Waals surface area contributed by atoms with Crippen molar-refractivity contribution >= 4 is 39.8 Å². The van der Waals surface area contributed by atoms with Crippen molar-refractivity contribution in [2.24, 2.45) is 5.73 Å². The van der Waals surface area contributed by atoms with Crippen molar-refractivity contribution in [1.82, 2.24) is 0 Å². The molecule has 0 unspecified atom stereocenters. The average molecular weight is 353 g/mol. The maximum absolute atomic E-state index is 12.0. The summed E-state index contributed by atoms with van der Waals surface area (Å²) in [5, 5.41) is 3.76. The van der Waals surface area contributed by atoms with E-state index in [9.17, 15) is 9.59 Å². The molecular weight excluding hydrogens is 336 g/mol. The number of carbonyl (C=O) groups excluding carboxylic acids is 2. The Morgan fingerprint density at radius 1 is 1.30 bits per heavy atom. The lowest BCUT2D eigenvalue weighted by Gasteiger charge is -2.08. The molecule has 2 amide bonds. The fourth-order valence-corrected chi connectivity index (χ4v) is 3.49. The third-order valence-corrected chi connectivity index (χ3v) is 4.56. The van der Waals surface area contributed by atoms with Crippen LogP contribution in [0.3, 0.4) is 0 Å². The third kappa shape index (κ3) is 4.24. The van der Waals surface area contributed by atoms with Crippen LogP contribution in [0.5, 0.6) is 5.75 Å². The zero-order valence-corrected chi connectivity index (χ0v) is 14.4. The number of ether oxygens (including phenoxy) is 1. The molecule has 1 heterocycles. The number of anilines is 1. The zero-order chi connectivity index (χ0) is 17.0. The molecule has 2 rings (SSSR count). The first-order chi connectivity index (χ1) is 10.9. The molecule has 1 aromatic heterocycles. The summed E-state index contributed by atoms with van der Waals surface area (Å²) in [6, 6.07) is 6.70. The molecule has 1 aromatic carbocycles. The van der Waals surface area contributed by atoms with E-state index in [0.29, 0.717) is 27.8 Å². The monoisotopic (exact) mass is 352 g/mol. The fourth-order valence-electron chi connectivity index (χ4n) is 2.20. The Morgan fingerprint density at radius 2 is 1.96 bits per heavy atom. The summed E-state index contributed by atoms with van der Waals surface area (Å²) in [5.74, 6) is -0.359. The van der Waals surface area contributed by atoms with Gasteiger partial charge in [0.05, 0.1) is 5.56 Å². The Labute approximate surface area is 143 Å². The molecule has 0 fully saturated rings. The van der Waals surface area contributed by atoms with Gasteiger partial charge in [-0.15, -0.1) is 11.3 Å². The minimum Gasteiger partial charge on any atom is -0.484 e. The first kappa shape index (κ1) is 17.3. The predicted molar refractivity (Wildman–Crippen MR) is 92.5 cm³/mol. The number of thiophene rings is 1. The van der Waals surface area contributed by atoms with Gasteiger partial charge in [0.2, 0.25) is 0 Å². The lowest BCUT2D eigenvalue weighted by molar-refractivity contribution is -0.118. The minimum absolute atomic E-state index is 0.168. The summed E-state index contributed by atoms with van der Waals surface area (Å²) < 4.78 is 5.38. The van der Waals surface area contributed by atoms with Gasteiger partial charge in [-0.25, -0.2) is 0 Å². The molecule has 0 atom stereocenters. The normalized spacial score (nSPS) is 10.4. The van der Waals surface area contributed by atoms with Crippen LogP contribution in [-0.2, 0) is 11.2 Å². The highest BCUT2D eigenvalue weighted by Gasteiger charge is 2.20. The van der Waals surface area contributed by atoms with Gasteiger partial charge in [0.25, 0.3) is 11.8 Å². The van der Waals surface area contributed by atoms with Crippen LogP contribution in [0, 0.1) is 6.92 Å². The van der Waals surface area contributed by atoms with Crippen molar-refractivity contribution < 1.29 is 14.3 Å². The summed E-state index contributed by atoms with van der Waals surface area (Å²) >= 11 is 7.12. The summed E-state index contributed by atoms with van der Waals surface area (Å²) in [4.78, 5) is 24.6. The van der Waals surface area contributed by atoms with Crippen molar-refractivity contribution in [2.75, 3.05) is 11.9 Å². The largest absolute Gasteiger partial charge is 0.484 e. The van der Waals surface area contributed by atoms with Gasteiger partial charge in [0.1, 0.15) is 10.8 Å². The van der Waals surface area contributed by atoms with Gasteiger partial charge >= 0.3 is 0 Å². The van der Waals surface area contributed by atoms with Crippen molar-refractivity contribution in [3.63, 3.8) is 0 Å². The average Bonchev–Trinajstić information content (AvgIpc) is 2.82. The second-order valence-corrected chi connectivity index (χ2v) is 6.51. The maximum atomic E-state index is 12.0. The number of halogens is 1. The number of nitrogens with one attached hydrogen (secondary N) is 1. The van der Waals surface area contributed by atoms with Crippen molar-refractivity contribution in [2.45, 2.75) is 20.3 Å². The number of hydrogen-bond acceptors (Lipinski definition) is 4. The van der Waals surface area contributed by atoms with Gasteiger partial charge in [-0.05, 0) is 43.2 Å². The molecule has 0 aliphatic heterocycles. The number of rotatable bonds is 6. The van der Waals surface area contributed by atoms with E-state index in [-0.39, 0.29) is 12.5 Å². The molecule has 0 aliphatic rings. The fraction of sp³-hybridized carbons (Fsp3) is 0.250. The molecule has 5 nitrogen and oxygen atoms in total. The zero-order valence-electron chi connectivity index (χ0n) is 12.8. The number of hydrogen-bond donors (Lipinski definition) is 2. The van der Waals surface area contributed by atoms with Gasteiger partial charge in [-0.3, -0.25) is 9.59 Å². The number of aryl methyl sites for hydroxylation is 1. The van der Waals surface area contributed by atoms with Crippen LogP contribution >= 0.6 is 22.9 Å².